The van der Waals surface area contributed by atoms with Gasteiger partial charge in [-0.3, -0.25) is 4.40 Å². The van der Waals surface area contributed by atoms with E-state index in [1.807, 2.05) is 55.6 Å². The molecule has 0 amide bonds. The number of carbonyl (C=O) groups excluding carboxylic acids is 1. The van der Waals surface area contributed by atoms with Crippen LogP contribution in [0.4, 0.5) is 0 Å². The van der Waals surface area contributed by atoms with Gasteiger partial charge in [-0.1, -0.05) is 11.3 Å². The van der Waals surface area contributed by atoms with Crippen molar-refractivity contribution in [2.75, 3.05) is 6.61 Å². The van der Waals surface area contributed by atoms with Gasteiger partial charge in [0.05, 0.1) is 18.4 Å². The number of benzene rings is 1. The monoisotopic (exact) mass is 344 g/mol. The maximum atomic E-state index is 11.9. The minimum Gasteiger partial charge on any atom is -0.491 e. The van der Waals surface area contributed by atoms with Crippen LogP contribution in [0.15, 0.2) is 30.5 Å². The zero-order chi connectivity index (χ0) is 17.3. The Hall–Kier alpha value is -2.34. The van der Waals surface area contributed by atoms with Crippen LogP contribution in [-0.2, 0) is 4.74 Å². The number of hydrogen-bond acceptors (Lipinski definition) is 5. The summed E-state index contributed by atoms with van der Waals surface area (Å²) in [5.41, 5.74) is 2.74. The first-order valence-electron chi connectivity index (χ1n) is 7.92. The number of aromatic nitrogens is 2. The number of ether oxygens (including phenoxy) is 2. The number of imidazole rings is 1. The average molecular weight is 344 g/mol. The molecule has 5 nitrogen and oxygen atoms in total. The summed E-state index contributed by atoms with van der Waals surface area (Å²) in [6.45, 7) is 8.08. The molecule has 0 bridgehead atoms. The molecule has 1 aromatic carbocycles. The maximum absolute atomic E-state index is 11.9. The Balaban J connectivity index is 1.90. The summed E-state index contributed by atoms with van der Waals surface area (Å²) in [5, 5.41) is 0. The van der Waals surface area contributed by atoms with Gasteiger partial charge < -0.3 is 9.47 Å². The fourth-order valence-electron chi connectivity index (χ4n) is 2.45. The Kier molecular flexibility index (Phi) is 4.57. The number of thiazole rings is 1. The first-order valence-corrected chi connectivity index (χ1v) is 8.74. The van der Waals surface area contributed by atoms with Gasteiger partial charge in [-0.15, -0.1) is 0 Å². The third kappa shape index (κ3) is 3.14. The van der Waals surface area contributed by atoms with Crippen LogP contribution in [0.25, 0.3) is 16.2 Å². The van der Waals surface area contributed by atoms with Crippen LogP contribution >= 0.6 is 11.3 Å². The predicted octanol–water partition coefficient (Wildman–Crippen LogP) is 4.34. The van der Waals surface area contributed by atoms with Crippen LogP contribution < -0.4 is 4.74 Å². The van der Waals surface area contributed by atoms with Gasteiger partial charge in [0.15, 0.2) is 4.96 Å². The van der Waals surface area contributed by atoms with Crippen molar-refractivity contribution in [1.82, 2.24) is 9.38 Å². The molecule has 0 saturated carbocycles. The van der Waals surface area contributed by atoms with Crippen molar-refractivity contribution in [2.45, 2.75) is 33.8 Å². The fourth-order valence-corrected chi connectivity index (χ4v) is 3.45. The third-order valence-corrected chi connectivity index (χ3v) is 4.68. The molecular formula is C18H20N2O3S. The predicted molar refractivity (Wildman–Crippen MR) is 95.0 cm³/mol. The van der Waals surface area contributed by atoms with Gasteiger partial charge in [-0.25, -0.2) is 9.78 Å². The van der Waals surface area contributed by atoms with Gasteiger partial charge >= 0.3 is 5.97 Å². The molecule has 0 fully saturated rings. The highest BCUT2D eigenvalue weighted by molar-refractivity contribution is 7.19. The standard InChI is InChI=1S/C18H20N2O3S/c1-5-22-17(21)16-12(4)20-10-15(19-18(20)24-16)13-6-8-14(9-7-13)23-11(2)3/h6-11H,5H2,1-4H3. The van der Waals surface area contributed by atoms with E-state index >= 15 is 0 Å². The second kappa shape index (κ2) is 6.65. The lowest BCUT2D eigenvalue weighted by Gasteiger charge is -2.09. The molecule has 0 aliphatic rings. The summed E-state index contributed by atoms with van der Waals surface area (Å²) in [6.07, 6.45) is 2.10. The summed E-state index contributed by atoms with van der Waals surface area (Å²) in [6, 6.07) is 7.87. The van der Waals surface area contributed by atoms with E-state index in [4.69, 9.17) is 9.47 Å². The van der Waals surface area contributed by atoms with Gasteiger partial charge in [0.1, 0.15) is 10.6 Å². The summed E-state index contributed by atoms with van der Waals surface area (Å²) in [5.74, 6) is 0.554. The molecule has 0 unspecified atom stereocenters. The van der Waals surface area contributed by atoms with Gasteiger partial charge in [0.25, 0.3) is 0 Å². The number of nitrogens with zero attached hydrogens (tertiary/aromatic N) is 2. The normalized spacial score (nSPS) is 11.2. The van der Waals surface area contributed by atoms with Crippen molar-refractivity contribution < 1.29 is 14.3 Å². The van der Waals surface area contributed by atoms with Crippen LogP contribution in [0.1, 0.15) is 36.1 Å². The van der Waals surface area contributed by atoms with Crippen LogP contribution in [0.5, 0.6) is 5.75 Å². The zero-order valence-corrected chi connectivity index (χ0v) is 15.0. The summed E-state index contributed by atoms with van der Waals surface area (Å²) in [4.78, 5) is 18.0. The molecule has 3 aromatic rings. The van der Waals surface area contributed by atoms with E-state index in [9.17, 15) is 4.79 Å². The van der Waals surface area contributed by atoms with Crippen molar-refractivity contribution >= 4 is 22.3 Å². The van der Waals surface area contributed by atoms with Crippen LogP contribution in [0.2, 0.25) is 0 Å². The summed E-state index contributed by atoms with van der Waals surface area (Å²) < 4.78 is 12.7. The lowest BCUT2D eigenvalue weighted by molar-refractivity contribution is 0.0531. The summed E-state index contributed by atoms with van der Waals surface area (Å²) in [7, 11) is 0. The van der Waals surface area contributed by atoms with E-state index in [-0.39, 0.29) is 12.1 Å². The minimum atomic E-state index is -0.290. The van der Waals surface area contributed by atoms with Crippen molar-refractivity contribution in [3.8, 4) is 17.0 Å². The van der Waals surface area contributed by atoms with E-state index < -0.39 is 0 Å². The lowest BCUT2D eigenvalue weighted by Crippen LogP contribution is -2.05. The second-order valence-electron chi connectivity index (χ2n) is 5.71. The Morgan fingerprint density at radius 3 is 2.58 bits per heavy atom. The van der Waals surface area contributed by atoms with Crippen molar-refractivity contribution in [3.05, 3.63) is 41.0 Å². The molecule has 0 saturated heterocycles. The number of aryl methyl sites for hydroxylation is 1. The van der Waals surface area contributed by atoms with Crippen molar-refractivity contribution in [1.29, 1.82) is 0 Å². The van der Waals surface area contributed by atoms with E-state index in [0.29, 0.717) is 11.5 Å². The molecule has 0 N–H and O–H groups in total. The molecule has 0 spiro atoms. The average Bonchev–Trinajstić information content (AvgIpc) is 3.08. The van der Waals surface area contributed by atoms with Gasteiger partial charge in [-0.2, -0.15) is 0 Å². The quantitative estimate of drug-likeness (QED) is 0.646. The van der Waals surface area contributed by atoms with E-state index in [1.165, 1.54) is 11.3 Å². The number of carbonyl (C=O) groups is 1. The lowest BCUT2D eigenvalue weighted by atomic mass is 10.1. The number of esters is 1. The number of rotatable bonds is 5. The molecule has 6 heteroatoms. The summed E-state index contributed by atoms with van der Waals surface area (Å²) >= 11 is 1.35. The highest BCUT2D eigenvalue weighted by atomic mass is 32.1. The third-order valence-electron chi connectivity index (χ3n) is 3.54. The molecule has 0 atom stereocenters. The Labute approximate surface area is 144 Å². The SMILES string of the molecule is CCOC(=O)c1sc2nc(-c3ccc(OC(C)C)cc3)cn2c1C. The number of hydrogen-bond donors (Lipinski definition) is 0. The fraction of sp³-hybridized carbons (Fsp3) is 0.333. The molecule has 126 valence electrons. The van der Waals surface area contributed by atoms with Gasteiger partial charge in [-0.05, 0) is 52.0 Å². The van der Waals surface area contributed by atoms with Gasteiger partial charge in [0.2, 0.25) is 0 Å². The molecular weight excluding hydrogens is 324 g/mol. The topological polar surface area (TPSA) is 52.8 Å². The van der Waals surface area contributed by atoms with Crippen LogP contribution in [0.3, 0.4) is 0 Å². The molecule has 24 heavy (non-hydrogen) atoms. The maximum Gasteiger partial charge on any atom is 0.350 e. The molecule has 0 aliphatic carbocycles. The van der Waals surface area contributed by atoms with Gasteiger partial charge in [0, 0.05) is 17.5 Å². The van der Waals surface area contributed by atoms with Crippen LogP contribution in [-0.4, -0.2) is 28.1 Å². The first-order chi connectivity index (χ1) is 11.5. The zero-order valence-electron chi connectivity index (χ0n) is 14.2. The molecule has 0 radical (unpaired) electrons. The van der Waals surface area contributed by atoms with Crippen molar-refractivity contribution in [2.24, 2.45) is 0 Å². The first kappa shape index (κ1) is 16.5. The molecule has 0 aliphatic heterocycles. The van der Waals surface area contributed by atoms with E-state index in [2.05, 4.69) is 4.98 Å². The smallest absolute Gasteiger partial charge is 0.350 e. The Bertz CT molecular complexity index is 862. The molecule has 2 aromatic heterocycles. The Morgan fingerprint density at radius 1 is 1.29 bits per heavy atom. The van der Waals surface area contributed by atoms with Crippen molar-refractivity contribution in [3.63, 3.8) is 0 Å². The highest BCUT2D eigenvalue weighted by Crippen LogP contribution is 2.28. The largest absolute Gasteiger partial charge is 0.491 e. The van der Waals surface area contributed by atoms with E-state index in [1.54, 1.807) is 6.92 Å². The van der Waals surface area contributed by atoms with E-state index in [0.717, 1.165) is 27.7 Å². The van der Waals surface area contributed by atoms with Crippen LogP contribution in [0, 0.1) is 6.92 Å². The number of fused-ring (bicyclic) bond motifs is 1. The Morgan fingerprint density at radius 2 is 2.00 bits per heavy atom. The second-order valence-corrected chi connectivity index (χ2v) is 6.68. The minimum absolute atomic E-state index is 0.151. The molecule has 2 heterocycles. The molecule has 3 rings (SSSR count). The highest BCUT2D eigenvalue weighted by Gasteiger charge is 2.18.